The molecule has 0 radical (unpaired) electrons. The van der Waals surface area contributed by atoms with Gasteiger partial charge >= 0.3 is 6.09 Å². The van der Waals surface area contributed by atoms with Crippen molar-refractivity contribution in [2.75, 3.05) is 20.3 Å². The van der Waals surface area contributed by atoms with Gasteiger partial charge in [-0.2, -0.15) is 0 Å². The van der Waals surface area contributed by atoms with Crippen molar-refractivity contribution < 1.29 is 28.2 Å². The van der Waals surface area contributed by atoms with Crippen LogP contribution in [0.4, 0.5) is 4.79 Å². The predicted octanol–water partition coefficient (Wildman–Crippen LogP) is 3.69. The van der Waals surface area contributed by atoms with Gasteiger partial charge in [-0.25, -0.2) is 14.8 Å². The molecule has 0 spiro atoms. The Morgan fingerprint density at radius 1 is 1.31 bits per heavy atom. The highest BCUT2D eigenvalue weighted by molar-refractivity contribution is 6.30. The Bertz CT molecular complexity index is 1220. The fourth-order valence-corrected chi connectivity index (χ4v) is 4.34. The summed E-state index contributed by atoms with van der Waals surface area (Å²) < 4.78 is 22.3. The highest BCUT2D eigenvalue weighted by atomic mass is 35.5. The molecule has 11 heteroatoms. The summed E-state index contributed by atoms with van der Waals surface area (Å²) in [7, 11) is 1.44. The summed E-state index contributed by atoms with van der Waals surface area (Å²) in [6, 6.07) is 8.74. The van der Waals surface area contributed by atoms with Crippen molar-refractivity contribution in [1.82, 2.24) is 20.2 Å². The van der Waals surface area contributed by atoms with Gasteiger partial charge in [0.2, 0.25) is 11.8 Å². The third-order valence-electron chi connectivity index (χ3n) is 5.99. The zero-order valence-corrected chi connectivity index (χ0v) is 19.7. The minimum Gasteiger partial charge on any atom is -0.488 e. The smallest absolute Gasteiger partial charge is 0.410 e. The van der Waals surface area contributed by atoms with E-state index < -0.39 is 0 Å². The van der Waals surface area contributed by atoms with Gasteiger partial charge in [0.1, 0.15) is 24.5 Å². The second kappa shape index (κ2) is 9.83. The average Bonchev–Trinajstić information content (AvgIpc) is 3.53. The van der Waals surface area contributed by atoms with Gasteiger partial charge in [0.25, 0.3) is 5.91 Å². The van der Waals surface area contributed by atoms with Gasteiger partial charge in [-0.05, 0) is 17.7 Å². The number of methoxy groups -OCH3 is 1. The molecule has 182 valence electrons. The summed E-state index contributed by atoms with van der Waals surface area (Å²) in [6.45, 7) is 1.16. The second-order valence-corrected chi connectivity index (χ2v) is 8.66. The van der Waals surface area contributed by atoms with Crippen LogP contribution in [0, 0.1) is 0 Å². The van der Waals surface area contributed by atoms with E-state index in [1.54, 1.807) is 23.1 Å². The average molecular weight is 499 g/mol. The number of aromatic nitrogens is 2. The molecule has 2 aromatic heterocycles. The quantitative estimate of drug-likeness (QED) is 0.524. The molecule has 1 aromatic carbocycles. The van der Waals surface area contributed by atoms with Crippen molar-refractivity contribution in [1.29, 1.82) is 0 Å². The number of hydrogen-bond acceptors (Lipinski definition) is 8. The number of carbonyl (C=O) groups is 2. The van der Waals surface area contributed by atoms with Crippen molar-refractivity contribution in [3.63, 3.8) is 0 Å². The number of fused-ring (bicyclic) bond motifs is 1. The van der Waals surface area contributed by atoms with Gasteiger partial charge in [-0.3, -0.25) is 4.79 Å². The fourth-order valence-electron chi connectivity index (χ4n) is 4.21. The van der Waals surface area contributed by atoms with Gasteiger partial charge in [0, 0.05) is 37.0 Å². The first-order chi connectivity index (χ1) is 17.0. The number of piperidine rings is 1. The third-order valence-corrected chi connectivity index (χ3v) is 6.24. The van der Waals surface area contributed by atoms with Gasteiger partial charge in [-0.15, -0.1) is 0 Å². The highest BCUT2D eigenvalue weighted by Gasteiger charge is 2.39. The first-order valence-corrected chi connectivity index (χ1v) is 11.5. The molecule has 4 heterocycles. The molecule has 2 aliphatic heterocycles. The summed E-state index contributed by atoms with van der Waals surface area (Å²) >= 11 is 5.94. The molecule has 2 atom stereocenters. The lowest BCUT2D eigenvalue weighted by atomic mass is 10.0. The molecule has 35 heavy (non-hydrogen) atoms. The lowest BCUT2D eigenvalue weighted by molar-refractivity contribution is 0.0912. The number of hydrogen-bond donors (Lipinski definition) is 1. The zero-order chi connectivity index (χ0) is 24.4. The number of nitrogens with zero attached hydrogens (tertiary/aromatic N) is 3. The maximum Gasteiger partial charge on any atom is 0.410 e. The van der Waals surface area contributed by atoms with E-state index in [-0.39, 0.29) is 41.5 Å². The number of rotatable bonds is 7. The molecule has 2 saturated heterocycles. The lowest BCUT2D eigenvalue weighted by Gasteiger charge is -2.32. The number of pyridine rings is 1. The molecule has 2 aliphatic rings. The van der Waals surface area contributed by atoms with Gasteiger partial charge < -0.3 is 28.8 Å². The number of nitrogens with one attached hydrogen (secondary N) is 1. The Labute approximate surface area is 206 Å². The van der Waals surface area contributed by atoms with Gasteiger partial charge in [0.15, 0.2) is 11.4 Å². The highest BCUT2D eigenvalue weighted by Crippen LogP contribution is 2.35. The molecule has 2 amide bonds. The number of halogens is 1. The third kappa shape index (κ3) is 4.88. The summed E-state index contributed by atoms with van der Waals surface area (Å²) in [5.74, 6) is 0.318. The molecule has 0 unspecified atom stereocenters. The fraction of sp³-hybridized carbons (Fsp3) is 0.333. The largest absolute Gasteiger partial charge is 0.488 e. The van der Waals surface area contributed by atoms with E-state index in [2.05, 4.69) is 15.3 Å². The van der Waals surface area contributed by atoms with E-state index in [0.29, 0.717) is 49.0 Å². The molecule has 10 nitrogen and oxygen atoms in total. The normalized spacial score (nSPS) is 19.1. The molecule has 0 bridgehead atoms. The Balaban J connectivity index is 1.40. The van der Waals surface area contributed by atoms with Crippen LogP contribution in [0.15, 0.2) is 47.2 Å². The minimum atomic E-state index is -0.377. The molecule has 1 N–H and O–H groups in total. The number of oxazole rings is 1. The number of ether oxygens (including phenoxy) is 3. The van der Waals surface area contributed by atoms with E-state index in [0.717, 1.165) is 5.56 Å². The minimum absolute atomic E-state index is 0.0419. The van der Waals surface area contributed by atoms with Crippen LogP contribution in [0.3, 0.4) is 0 Å². The Morgan fingerprint density at radius 3 is 2.89 bits per heavy atom. The number of amides is 2. The van der Waals surface area contributed by atoms with Gasteiger partial charge in [0.05, 0.1) is 19.3 Å². The summed E-state index contributed by atoms with van der Waals surface area (Å²) in [5, 5.41) is 3.49. The first-order valence-electron chi connectivity index (χ1n) is 11.1. The van der Waals surface area contributed by atoms with Crippen LogP contribution < -0.4 is 14.8 Å². The molecule has 5 rings (SSSR count). The topological polar surface area (TPSA) is 116 Å². The second-order valence-electron chi connectivity index (χ2n) is 8.23. The van der Waals surface area contributed by atoms with E-state index in [1.165, 1.54) is 19.6 Å². The zero-order valence-electron chi connectivity index (χ0n) is 18.9. The Kier molecular flexibility index (Phi) is 6.45. The standard InChI is InChI=1S/C24H23ClN4O6/c1-32-22-18(21(30)27-12-14-2-4-15(25)5-3-14)11-19(20(28-22)23-26-7-9-33-23)35-17-6-8-29-16(10-17)13-34-24(29)31/h2-5,7,9,11,16-17H,6,8,10,12-13H2,1H3,(H,27,30)/t16-,17-/m0/s1. The van der Waals surface area contributed by atoms with E-state index in [4.69, 9.17) is 30.2 Å². The van der Waals surface area contributed by atoms with Crippen LogP contribution in [0.25, 0.3) is 11.6 Å². The lowest BCUT2D eigenvalue weighted by Crippen LogP contribution is -2.44. The van der Waals surface area contributed by atoms with Crippen molar-refractivity contribution in [3.8, 4) is 23.2 Å². The van der Waals surface area contributed by atoms with E-state index in [9.17, 15) is 9.59 Å². The van der Waals surface area contributed by atoms with E-state index >= 15 is 0 Å². The molecule has 0 aliphatic carbocycles. The Morgan fingerprint density at radius 2 is 2.14 bits per heavy atom. The van der Waals surface area contributed by atoms with Crippen LogP contribution in [-0.4, -0.2) is 59.3 Å². The van der Waals surface area contributed by atoms with E-state index in [1.807, 2.05) is 12.1 Å². The molecule has 0 saturated carbocycles. The number of carbonyl (C=O) groups excluding carboxylic acids is 2. The summed E-state index contributed by atoms with van der Waals surface area (Å²) in [5.41, 5.74) is 1.42. The van der Waals surface area contributed by atoms with Gasteiger partial charge in [-0.1, -0.05) is 23.7 Å². The Hall–Kier alpha value is -3.79. The molecular formula is C24H23ClN4O6. The van der Waals surface area contributed by atoms with Crippen molar-refractivity contribution >= 4 is 23.6 Å². The van der Waals surface area contributed by atoms with Crippen LogP contribution in [0.1, 0.15) is 28.8 Å². The van der Waals surface area contributed by atoms with Crippen LogP contribution in [0.5, 0.6) is 11.6 Å². The van der Waals surface area contributed by atoms with Crippen LogP contribution in [0.2, 0.25) is 5.02 Å². The molecule has 2 fully saturated rings. The number of cyclic esters (lactones) is 1. The summed E-state index contributed by atoms with van der Waals surface area (Å²) in [6.07, 6.45) is 3.64. The predicted molar refractivity (Wildman–Crippen MR) is 124 cm³/mol. The number of benzene rings is 1. The van der Waals surface area contributed by atoms with Crippen molar-refractivity contribution in [3.05, 3.63) is 58.9 Å². The van der Waals surface area contributed by atoms with Crippen LogP contribution >= 0.6 is 11.6 Å². The summed E-state index contributed by atoms with van der Waals surface area (Å²) in [4.78, 5) is 35.3. The monoisotopic (exact) mass is 498 g/mol. The maximum atomic E-state index is 13.1. The first kappa shape index (κ1) is 23.0. The molecule has 3 aromatic rings. The molecular weight excluding hydrogens is 476 g/mol. The maximum absolute atomic E-state index is 13.1. The van der Waals surface area contributed by atoms with Crippen molar-refractivity contribution in [2.24, 2.45) is 0 Å². The SMILES string of the molecule is COc1nc(-c2ncco2)c(O[C@H]2CCN3C(=O)OC[C@@H]3C2)cc1C(=O)NCc1ccc(Cl)cc1. The van der Waals surface area contributed by atoms with Crippen molar-refractivity contribution in [2.45, 2.75) is 31.5 Å². The van der Waals surface area contributed by atoms with Crippen LogP contribution in [-0.2, 0) is 11.3 Å².